The molecule has 0 fully saturated rings. The van der Waals surface area contributed by atoms with Gasteiger partial charge in [-0.05, 0) is 22.9 Å². The first-order valence-corrected chi connectivity index (χ1v) is 5.61. The molecule has 0 aromatic carbocycles. The Morgan fingerprint density at radius 2 is 1.86 bits per heavy atom. The van der Waals surface area contributed by atoms with Gasteiger partial charge < -0.3 is 5.11 Å². The minimum atomic E-state index is -0.472. The highest BCUT2D eigenvalue weighted by molar-refractivity contribution is 7.05. The second kappa shape index (κ2) is 3.95. The summed E-state index contributed by atoms with van der Waals surface area (Å²) in [6, 6.07) is 0. The van der Waals surface area contributed by atoms with E-state index in [0.29, 0.717) is 5.92 Å². The van der Waals surface area contributed by atoms with Crippen LogP contribution in [0, 0.1) is 5.41 Å². The minimum Gasteiger partial charge on any atom is -0.387 e. The summed E-state index contributed by atoms with van der Waals surface area (Å²) < 4.78 is 3.91. The van der Waals surface area contributed by atoms with Crippen LogP contribution in [0.3, 0.4) is 0 Å². The molecule has 0 amide bonds. The van der Waals surface area contributed by atoms with Gasteiger partial charge in [-0.25, -0.2) is 0 Å². The van der Waals surface area contributed by atoms with Crippen LogP contribution in [0.1, 0.15) is 57.2 Å². The first kappa shape index (κ1) is 11.6. The normalized spacial score (nSPS) is 14.8. The Morgan fingerprint density at radius 3 is 2.29 bits per heavy atom. The van der Waals surface area contributed by atoms with Crippen LogP contribution < -0.4 is 0 Å². The van der Waals surface area contributed by atoms with Crippen LogP contribution in [-0.2, 0) is 0 Å². The lowest BCUT2D eigenvalue weighted by molar-refractivity contribution is 0.0647. The zero-order chi connectivity index (χ0) is 10.9. The molecule has 0 radical (unpaired) electrons. The molecule has 0 saturated heterocycles. The van der Waals surface area contributed by atoms with Crippen molar-refractivity contribution in [2.24, 2.45) is 5.41 Å². The van der Waals surface area contributed by atoms with Crippen LogP contribution in [0.2, 0.25) is 0 Å². The quantitative estimate of drug-likeness (QED) is 0.823. The van der Waals surface area contributed by atoms with Gasteiger partial charge in [0.15, 0.2) is 0 Å². The van der Waals surface area contributed by atoms with Gasteiger partial charge in [-0.1, -0.05) is 39.1 Å². The smallest absolute Gasteiger partial charge is 0.0965 e. The van der Waals surface area contributed by atoms with E-state index < -0.39 is 6.10 Å². The number of hydrogen-bond donors (Lipinski definition) is 1. The van der Waals surface area contributed by atoms with E-state index in [0.717, 1.165) is 10.6 Å². The van der Waals surface area contributed by atoms with E-state index in [-0.39, 0.29) is 5.41 Å². The van der Waals surface area contributed by atoms with Crippen LogP contribution in [-0.4, -0.2) is 14.7 Å². The van der Waals surface area contributed by atoms with Crippen LogP contribution in [0.15, 0.2) is 0 Å². The lowest BCUT2D eigenvalue weighted by Crippen LogP contribution is -2.18. The van der Waals surface area contributed by atoms with Gasteiger partial charge >= 0.3 is 0 Å². The first-order chi connectivity index (χ1) is 6.34. The highest BCUT2D eigenvalue weighted by Gasteiger charge is 2.29. The molecular formula is C10H18N2OS. The van der Waals surface area contributed by atoms with Crippen molar-refractivity contribution in [3.8, 4) is 0 Å². The Morgan fingerprint density at radius 1 is 1.29 bits per heavy atom. The molecule has 0 aliphatic rings. The van der Waals surface area contributed by atoms with E-state index in [2.05, 4.69) is 23.4 Å². The second-order valence-electron chi connectivity index (χ2n) is 4.95. The number of hydrogen-bond acceptors (Lipinski definition) is 4. The summed E-state index contributed by atoms with van der Waals surface area (Å²) in [5, 5.41) is 14.2. The number of aliphatic hydroxyl groups excluding tert-OH is 1. The van der Waals surface area contributed by atoms with Crippen molar-refractivity contribution in [2.75, 3.05) is 0 Å². The molecule has 4 heteroatoms. The lowest BCUT2D eigenvalue weighted by Gasteiger charge is -2.25. The topological polar surface area (TPSA) is 46.0 Å². The van der Waals surface area contributed by atoms with Crippen LogP contribution in [0.25, 0.3) is 0 Å². The number of aromatic nitrogens is 2. The summed E-state index contributed by atoms with van der Waals surface area (Å²) in [5.74, 6) is 0.320. The average Bonchev–Trinajstić information content (AvgIpc) is 2.48. The van der Waals surface area contributed by atoms with Crippen molar-refractivity contribution in [3.05, 3.63) is 10.6 Å². The molecule has 1 unspecified atom stereocenters. The standard InChI is InChI=1S/C10H18N2OS/c1-6(2)7-8(14-12-11-7)9(13)10(3,4)5/h6,9,13H,1-5H3. The third kappa shape index (κ3) is 2.30. The first-order valence-electron chi connectivity index (χ1n) is 4.84. The van der Waals surface area contributed by atoms with Crippen molar-refractivity contribution >= 4 is 11.5 Å². The largest absolute Gasteiger partial charge is 0.387 e. The van der Waals surface area contributed by atoms with Crippen LogP contribution >= 0.6 is 11.5 Å². The predicted molar refractivity (Wildman–Crippen MR) is 58.4 cm³/mol. The molecule has 0 bridgehead atoms. The number of rotatable bonds is 2. The van der Waals surface area contributed by atoms with Gasteiger partial charge in [0.25, 0.3) is 0 Å². The fourth-order valence-corrected chi connectivity index (χ4v) is 2.23. The summed E-state index contributed by atoms with van der Waals surface area (Å²) in [6.07, 6.45) is -0.472. The summed E-state index contributed by atoms with van der Waals surface area (Å²) in [4.78, 5) is 0.910. The molecular weight excluding hydrogens is 196 g/mol. The van der Waals surface area contributed by atoms with Crippen molar-refractivity contribution in [1.82, 2.24) is 9.59 Å². The van der Waals surface area contributed by atoms with Crippen molar-refractivity contribution < 1.29 is 5.11 Å². The van der Waals surface area contributed by atoms with E-state index >= 15 is 0 Å². The summed E-state index contributed by atoms with van der Waals surface area (Å²) in [5.41, 5.74) is 0.773. The minimum absolute atomic E-state index is 0.155. The molecule has 0 aliphatic heterocycles. The van der Waals surface area contributed by atoms with Gasteiger partial charge in [0.05, 0.1) is 16.7 Å². The molecule has 1 aromatic heterocycles. The van der Waals surface area contributed by atoms with Crippen molar-refractivity contribution in [2.45, 2.75) is 46.6 Å². The Bertz CT molecular complexity index is 301. The van der Waals surface area contributed by atoms with Gasteiger partial charge in [0, 0.05) is 0 Å². The Hall–Kier alpha value is -0.480. The van der Waals surface area contributed by atoms with E-state index in [4.69, 9.17) is 0 Å². The Labute approximate surface area is 89.3 Å². The molecule has 80 valence electrons. The summed E-state index contributed by atoms with van der Waals surface area (Å²) in [7, 11) is 0. The van der Waals surface area contributed by atoms with Gasteiger partial charge in [0.1, 0.15) is 0 Å². The maximum atomic E-state index is 10.1. The van der Waals surface area contributed by atoms with Crippen LogP contribution in [0.4, 0.5) is 0 Å². The zero-order valence-electron chi connectivity index (χ0n) is 9.40. The second-order valence-corrected chi connectivity index (χ2v) is 5.73. The SMILES string of the molecule is CC(C)c1nnsc1C(O)C(C)(C)C. The molecule has 1 N–H and O–H groups in total. The van der Waals surface area contributed by atoms with Gasteiger partial charge in [-0.2, -0.15) is 0 Å². The number of nitrogens with zero attached hydrogens (tertiary/aromatic N) is 2. The van der Waals surface area contributed by atoms with Crippen molar-refractivity contribution in [1.29, 1.82) is 0 Å². The van der Waals surface area contributed by atoms with Gasteiger partial charge in [-0.15, -0.1) is 5.10 Å². The summed E-state index contributed by atoms with van der Waals surface area (Å²) >= 11 is 1.30. The highest BCUT2D eigenvalue weighted by Crippen LogP contribution is 2.37. The maximum Gasteiger partial charge on any atom is 0.0965 e. The number of aliphatic hydroxyl groups is 1. The Balaban J connectivity index is 3.01. The fourth-order valence-electron chi connectivity index (χ4n) is 1.19. The van der Waals surface area contributed by atoms with Gasteiger partial charge in [0.2, 0.25) is 0 Å². The zero-order valence-corrected chi connectivity index (χ0v) is 10.2. The molecule has 3 nitrogen and oxygen atoms in total. The molecule has 0 aliphatic carbocycles. The average molecular weight is 214 g/mol. The molecule has 0 spiro atoms. The van der Waals surface area contributed by atoms with E-state index in [1.165, 1.54) is 11.5 Å². The molecule has 1 heterocycles. The predicted octanol–water partition coefficient (Wildman–Crippen LogP) is 2.74. The lowest BCUT2D eigenvalue weighted by atomic mass is 9.87. The monoisotopic (exact) mass is 214 g/mol. The Kier molecular flexibility index (Phi) is 3.27. The van der Waals surface area contributed by atoms with E-state index in [9.17, 15) is 5.11 Å². The summed E-state index contributed by atoms with van der Waals surface area (Å²) in [6.45, 7) is 10.2. The molecule has 14 heavy (non-hydrogen) atoms. The molecule has 1 aromatic rings. The fraction of sp³-hybridized carbons (Fsp3) is 0.800. The third-order valence-corrected chi connectivity index (χ3v) is 2.95. The van der Waals surface area contributed by atoms with Crippen LogP contribution in [0.5, 0.6) is 0 Å². The van der Waals surface area contributed by atoms with E-state index in [1.807, 2.05) is 20.8 Å². The molecule has 0 saturated carbocycles. The van der Waals surface area contributed by atoms with E-state index in [1.54, 1.807) is 0 Å². The third-order valence-electron chi connectivity index (χ3n) is 2.16. The molecule has 1 atom stereocenters. The molecule has 1 rings (SSSR count). The van der Waals surface area contributed by atoms with Crippen molar-refractivity contribution in [3.63, 3.8) is 0 Å². The highest BCUT2D eigenvalue weighted by atomic mass is 32.1. The van der Waals surface area contributed by atoms with Gasteiger partial charge in [-0.3, -0.25) is 0 Å². The maximum absolute atomic E-state index is 10.1.